The SMILES string of the molecule is Cc1ccc(F)cc1NC(=O)[C@H](Cc1ccc([N+](=O)[O-])cc1)N1C(=O)c2ccccc2C1=O. The van der Waals surface area contributed by atoms with Gasteiger partial charge in [-0.3, -0.25) is 29.4 Å². The van der Waals surface area contributed by atoms with Gasteiger partial charge in [-0.2, -0.15) is 0 Å². The molecule has 0 bridgehead atoms. The van der Waals surface area contributed by atoms with Gasteiger partial charge < -0.3 is 5.32 Å². The van der Waals surface area contributed by atoms with Gasteiger partial charge in [0, 0.05) is 24.2 Å². The second kappa shape index (κ2) is 8.62. The highest BCUT2D eigenvalue weighted by Gasteiger charge is 2.42. The second-order valence-electron chi connectivity index (χ2n) is 7.62. The number of aryl methyl sites for hydroxylation is 1. The predicted octanol–water partition coefficient (Wildman–Crippen LogP) is 3.89. The zero-order valence-electron chi connectivity index (χ0n) is 17.4. The number of halogens is 1. The number of benzene rings is 3. The molecule has 0 unspecified atom stereocenters. The third-order valence-corrected chi connectivity index (χ3v) is 5.47. The zero-order valence-corrected chi connectivity index (χ0v) is 17.4. The summed E-state index contributed by atoms with van der Waals surface area (Å²) in [7, 11) is 0. The van der Waals surface area contributed by atoms with Crippen LogP contribution in [0, 0.1) is 22.9 Å². The number of nitrogens with one attached hydrogen (secondary N) is 1. The van der Waals surface area contributed by atoms with E-state index < -0.39 is 34.5 Å². The normalized spacial score (nSPS) is 13.6. The summed E-state index contributed by atoms with van der Waals surface area (Å²) < 4.78 is 13.7. The molecule has 0 radical (unpaired) electrons. The summed E-state index contributed by atoms with van der Waals surface area (Å²) >= 11 is 0. The van der Waals surface area contributed by atoms with Crippen LogP contribution in [0.1, 0.15) is 31.8 Å². The van der Waals surface area contributed by atoms with Crippen molar-refractivity contribution in [1.82, 2.24) is 4.90 Å². The zero-order chi connectivity index (χ0) is 23.7. The Kier molecular flexibility index (Phi) is 5.70. The van der Waals surface area contributed by atoms with Crippen molar-refractivity contribution in [3.05, 3.63) is 105 Å². The van der Waals surface area contributed by atoms with Gasteiger partial charge in [-0.1, -0.05) is 30.3 Å². The summed E-state index contributed by atoms with van der Waals surface area (Å²) in [5, 5.41) is 13.6. The largest absolute Gasteiger partial charge is 0.324 e. The van der Waals surface area contributed by atoms with Crippen LogP contribution in [0.25, 0.3) is 0 Å². The number of imide groups is 1. The van der Waals surface area contributed by atoms with E-state index in [1.165, 1.54) is 48.5 Å². The number of rotatable bonds is 6. The molecule has 0 saturated carbocycles. The summed E-state index contributed by atoms with van der Waals surface area (Å²) in [6, 6.07) is 14.4. The molecule has 3 amide bonds. The molecule has 1 N–H and O–H groups in total. The lowest BCUT2D eigenvalue weighted by Gasteiger charge is -2.26. The summed E-state index contributed by atoms with van der Waals surface area (Å²) in [5.74, 6) is -2.47. The monoisotopic (exact) mass is 447 g/mol. The fourth-order valence-electron chi connectivity index (χ4n) is 3.71. The van der Waals surface area contributed by atoms with Crippen LogP contribution in [-0.2, 0) is 11.2 Å². The first-order chi connectivity index (χ1) is 15.8. The number of nitro benzene ring substituents is 1. The Morgan fingerprint density at radius 2 is 1.64 bits per heavy atom. The number of nitro groups is 1. The molecule has 0 saturated heterocycles. The summed E-state index contributed by atoms with van der Waals surface area (Å²) in [6.07, 6.45) is -0.0797. The highest BCUT2D eigenvalue weighted by molar-refractivity contribution is 6.23. The molecule has 1 aliphatic rings. The highest BCUT2D eigenvalue weighted by Crippen LogP contribution is 2.27. The van der Waals surface area contributed by atoms with Crippen LogP contribution in [0.3, 0.4) is 0 Å². The Morgan fingerprint density at radius 1 is 1.03 bits per heavy atom. The minimum Gasteiger partial charge on any atom is -0.324 e. The third-order valence-electron chi connectivity index (χ3n) is 5.47. The van der Waals surface area contributed by atoms with Crippen LogP contribution in [0.4, 0.5) is 15.8 Å². The standard InChI is InChI=1S/C24H18FN3O5/c1-14-6-9-16(25)13-20(14)26-22(29)21(12-15-7-10-17(11-8-15)28(32)33)27-23(30)18-4-2-3-5-19(18)24(27)31/h2-11,13,21H,12H2,1H3,(H,26,29)/t21-/m0/s1. The fraction of sp³-hybridized carbons (Fsp3) is 0.125. The van der Waals surface area contributed by atoms with Crippen molar-refractivity contribution >= 4 is 29.1 Å². The Balaban J connectivity index is 1.70. The summed E-state index contributed by atoms with van der Waals surface area (Å²) in [6.45, 7) is 1.68. The molecule has 0 fully saturated rings. The Hall–Kier alpha value is -4.40. The van der Waals surface area contributed by atoms with Crippen LogP contribution >= 0.6 is 0 Å². The number of nitrogens with zero attached hydrogens (tertiary/aromatic N) is 2. The first-order valence-corrected chi connectivity index (χ1v) is 10.0. The molecule has 0 aromatic heterocycles. The van der Waals surface area contributed by atoms with E-state index in [0.717, 1.165) is 11.0 Å². The molecule has 9 heteroatoms. The van der Waals surface area contributed by atoms with Gasteiger partial charge in [0.05, 0.1) is 16.1 Å². The minimum atomic E-state index is -1.26. The molecule has 3 aromatic rings. The number of amides is 3. The van der Waals surface area contributed by atoms with Crippen molar-refractivity contribution in [3.8, 4) is 0 Å². The minimum absolute atomic E-state index is 0.0797. The number of anilines is 1. The first kappa shape index (κ1) is 21.8. The van der Waals surface area contributed by atoms with Crippen LogP contribution < -0.4 is 5.32 Å². The smallest absolute Gasteiger partial charge is 0.269 e. The number of carbonyl (C=O) groups excluding carboxylic acids is 3. The Morgan fingerprint density at radius 3 is 2.21 bits per heavy atom. The Bertz CT molecular complexity index is 1250. The van der Waals surface area contributed by atoms with Crippen molar-refractivity contribution in [2.24, 2.45) is 0 Å². The summed E-state index contributed by atoms with van der Waals surface area (Å²) in [5.41, 5.74) is 1.56. The van der Waals surface area contributed by atoms with Gasteiger partial charge in [-0.05, 0) is 42.3 Å². The van der Waals surface area contributed by atoms with Crippen molar-refractivity contribution in [2.75, 3.05) is 5.32 Å². The van der Waals surface area contributed by atoms with Gasteiger partial charge in [0.25, 0.3) is 17.5 Å². The topological polar surface area (TPSA) is 110 Å². The van der Waals surface area contributed by atoms with E-state index in [9.17, 15) is 28.9 Å². The van der Waals surface area contributed by atoms with Gasteiger partial charge in [0.1, 0.15) is 11.9 Å². The van der Waals surface area contributed by atoms with Gasteiger partial charge >= 0.3 is 0 Å². The predicted molar refractivity (Wildman–Crippen MR) is 117 cm³/mol. The molecule has 0 aliphatic carbocycles. The van der Waals surface area contributed by atoms with Crippen molar-refractivity contribution in [2.45, 2.75) is 19.4 Å². The molecule has 1 heterocycles. The number of carbonyl (C=O) groups is 3. The van der Waals surface area contributed by atoms with Gasteiger partial charge in [-0.15, -0.1) is 0 Å². The maximum Gasteiger partial charge on any atom is 0.269 e. The highest BCUT2D eigenvalue weighted by atomic mass is 19.1. The van der Waals surface area contributed by atoms with Crippen molar-refractivity contribution in [1.29, 1.82) is 0 Å². The van der Waals surface area contributed by atoms with Gasteiger partial charge in [0.15, 0.2) is 0 Å². The molecule has 8 nitrogen and oxygen atoms in total. The lowest BCUT2D eigenvalue weighted by Crippen LogP contribution is -2.48. The fourth-order valence-corrected chi connectivity index (χ4v) is 3.71. The molecule has 3 aromatic carbocycles. The Labute approximate surface area is 187 Å². The number of fused-ring (bicyclic) bond motifs is 1. The quantitative estimate of drug-likeness (QED) is 0.350. The van der Waals surface area contributed by atoms with Crippen LogP contribution in [0.5, 0.6) is 0 Å². The maximum atomic E-state index is 13.7. The van der Waals surface area contributed by atoms with E-state index in [0.29, 0.717) is 11.1 Å². The summed E-state index contributed by atoms with van der Waals surface area (Å²) in [4.78, 5) is 50.6. The molecule has 0 spiro atoms. The first-order valence-electron chi connectivity index (χ1n) is 10.0. The lowest BCUT2D eigenvalue weighted by molar-refractivity contribution is -0.384. The van der Waals surface area contributed by atoms with E-state index in [2.05, 4.69) is 5.32 Å². The van der Waals surface area contributed by atoms with Crippen LogP contribution in [0.2, 0.25) is 0 Å². The van der Waals surface area contributed by atoms with E-state index in [1.54, 1.807) is 19.1 Å². The molecule has 166 valence electrons. The molecule has 1 aliphatic heterocycles. The van der Waals surface area contributed by atoms with E-state index >= 15 is 0 Å². The number of non-ortho nitro benzene ring substituents is 1. The van der Waals surface area contributed by atoms with Gasteiger partial charge in [-0.25, -0.2) is 4.39 Å². The van der Waals surface area contributed by atoms with Crippen LogP contribution in [0.15, 0.2) is 66.7 Å². The lowest BCUT2D eigenvalue weighted by atomic mass is 10.0. The maximum absolute atomic E-state index is 13.7. The average molecular weight is 447 g/mol. The van der Waals surface area contributed by atoms with Gasteiger partial charge in [0.2, 0.25) is 5.91 Å². The number of hydrogen-bond acceptors (Lipinski definition) is 5. The molecule has 4 rings (SSSR count). The molecular weight excluding hydrogens is 429 g/mol. The molecule has 1 atom stereocenters. The van der Waals surface area contributed by atoms with Crippen molar-refractivity contribution in [3.63, 3.8) is 0 Å². The third kappa shape index (κ3) is 4.20. The molecule has 33 heavy (non-hydrogen) atoms. The van der Waals surface area contributed by atoms with E-state index in [4.69, 9.17) is 0 Å². The second-order valence-corrected chi connectivity index (χ2v) is 7.62. The van der Waals surface area contributed by atoms with Crippen LogP contribution in [-0.4, -0.2) is 33.6 Å². The average Bonchev–Trinajstić information content (AvgIpc) is 3.05. The van der Waals surface area contributed by atoms with E-state index in [-0.39, 0.29) is 28.9 Å². The molecular formula is C24H18FN3O5. The van der Waals surface area contributed by atoms with E-state index in [1.807, 2.05) is 0 Å². The van der Waals surface area contributed by atoms with Crippen molar-refractivity contribution < 1.29 is 23.7 Å². The number of hydrogen-bond donors (Lipinski definition) is 1.